The van der Waals surface area contributed by atoms with Crippen LogP contribution in [0.2, 0.25) is 0 Å². The Morgan fingerprint density at radius 1 is 1.20 bits per heavy atom. The van der Waals surface area contributed by atoms with Crippen LogP contribution in [-0.2, 0) is 4.74 Å². The van der Waals surface area contributed by atoms with Gasteiger partial charge in [-0.3, -0.25) is 9.78 Å². The van der Waals surface area contributed by atoms with Gasteiger partial charge in [-0.1, -0.05) is 12.1 Å². The molecular formula is C14H12N2O4. The van der Waals surface area contributed by atoms with Crippen molar-refractivity contribution in [2.75, 3.05) is 13.7 Å². The summed E-state index contributed by atoms with van der Waals surface area (Å²) >= 11 is 0. The summed E-state index contributed by atoms with van der Waals surface area (Å²) < 4.78 is 9.97. The molecule has 1 heterocycles. The molecule has 0 bridgehead atoms. The lowest BCUT2D eigenvalue weighted by Crippen LogP contribution is -2.15. The van der Waals surface area contributed by atoms with Gasteiger partial charge in [-0.05, 0) is 12.1 Å². The van der Waals surface area contributed by atoms with Gasteiger partial charge in [-0.25, -0.2) is 9.78 Å². The molecule has 0 aliphatic heterocycles. The Labute approximate surface area is 115 Å². The van der Waals surface area contributed by atoms with E-state index in [2.05, 4.69) is 9.97 Å². The number of carbonyl (C=O) groups is 2. The van der Waals surface area contributed by atoms with E-state index < -0.39 is 5.97 Å². The quantitative estimate of drug-likeness (QED) is 0.606. The lowest BCUT2D eigenvalue weighted by Gasteiger charge is -2.07. The van der Waals surface area contributed by atoms with Crippen LogP contribution >= 0.6 is 0 Å². The Kier molecular flexibility index (Phi) is 4.39. The lowest BCUT2D eigenvalue weighted by molar-refractivity contribution is 0.0467. The third-order valence-electron chi connectivity index (χ3n) is 2.51. The molecule has 0 radical (unpaired) electrons. The minimum atomic E-state index is -0.693. The van der Waals surface area contributed by atoms with Crippen LogP contribution in [0.25, 0.3) is 0 Å². The first-order chi connectivity index (χ1) is 9.72. The van der Waals surface area contributed by atoms with Crippen LogP contribution < -0.4 is 4.74 Å². The van der Waals surface area contributed by atoms with Crippen molar-refractivity contribution in [3.05, 3.63) is 54.1 Å². The Hall–Kier alpha value is -2.76. The largest absolute Gasteiger partial charge is 0.496 e. The number of ketones is 1. The molecule has 0 aliphatic carbocycles. The number of aromatic nitrogens is 2. The van der Waals surface area contributed by atoms with Gasteiger partial charge in [-0.15, -0.1) is 0 Å². The monoisotopic (exact) mass is 272 g/mol. The Morgan fingerprint density at radius 2 is 2.00 bits per heavy atom. The Morgan fingerprint density at radius 3 is 2.70 bits per heavy atom. The fraction of sp³-hybridized carbons (Fsp3) is 0.143. The number of hydrogen-bond acceptors (Lipinski definition) is 6. The first-order valence-electron chi connectivity index (χ1n) is 5.81. The molecule has 2 rings (SSSR count). The zero-order valence-electron chi connectivity index (χ0n) is 10.8. The predicted molar refractivity (Wildman–Crippen MR) is 69.6 cm³/mol. The molecule has 6 heteroatoms. The van der Waals surface area contributed by atoms with Crippen molar-refractivity contribution < 1.29 is 19.1 Å². The number of carbonyl (C=O) groups excluding carboxylic acids is 2. The maximum Gasteiger partial charge on any atom is 0.358 e. The summed E-state index contributed by atoms with van der Waals surface area (Å²) in [5.74, 6) is -0.603. The van der Waals surface area contributed by atoms with Crippen molar-refractivity contribution in [1.29, 1.82) is 0 Å². The molecule has 2 aromatic rings. The van der Waals surface area contributed by atoms with Crippen molar-refractivity contribution in [1.82, 2.24) is 9.97 Å². The molecule has 0 N–H and O–H groups in total. The molecule has 0 saturated carbocycles. The normalized spacial score (nSPS) is 9.85. The number of Topliss-reactive ketones (excluding diaryl/α,β-unsaturated/α-hetero) is 1. The minimum absolute atomic E-state index is 0.0559. The van der Waals surface area contributed by atoms with E-state index in [1.807, 2.05) is 0 Å². The van der Waals surface area contributed by atoms with E-state index >= 15 is 0 Å². The summed E-state index contributed by atoms with van der Waals surface area (Å²) in [6.07, 6.45) is 4.09. The average molecular weight is 272 g/mol. The van der Waals surface area contributed by atoms with Crippen LogP contribution in [0.3, 0.4) is 0 Å². The van der Waals surface area contributed by atoms with E-state index in [1.165, 1.54) is 25.7 Å². The second-order valence-corrected chi connectivity index (χ2v) is 3.79. The fourth-order valence-electron chi connectivity index (χ4n) is 1.56. The van der Waals surface area contributed by atoms with Gasteiger partial charge in [0, 0.05) is 12.4 Å². The SMILES string of the molecule is COc1ccccc1C(=O)COC(=O)c1cnccn1. The molecule has 0 saturated heterocycles. The van der Waals surface area contributed by atoms with Crippen LogP contribution in [0.5, 0.6) is 5.75 Å². The number of rotatable bonds is 5. The number of esters is 1. The maximum absolute atomic E-state index is 12.0. The van der Waals surface area contributed by atoms with Gasteiger partial charge in [0.15, 0.2) is 12.3 Å². The molecular weight excluding hydrogens is 260 g/mol. The summed E-state index contributed by atoms with van der Waals surface area (Å²) in [5.41, 5.74) is 0.419. The van der Waals surface area contributed by atoms with Gasteiger partial charge in [0.25, 0.3) is 0 Å². The number of benzene rings is 1. The molecule has 0 spiro atoms. The van der Waals surface area contributed by atoms with E-state index in [0.29, 0.717) is 11.3 Å². The first kappa shape index (κ1) is 13.7. The summed E-state index contributed by atoms with van der Waals surface area (Å²) in [5, 5.41) is 0. The van der Waals surface area contributed by atoms with Crippen LogP contribution in [-0.4, -0.2) is 35.4 Å². The smallest absolute Gasteiger partial charge is 0.358 e. The highest BCUT2D eigenvalue weighted by molar-refractivity contribution is 6.01. The third kappa shape index (κ3) is 3.17. The zero-order chi connectivity index (χ0) is 14.4. The Balaban J connectivity index is 2.01. The van der Waals surface area contributed by atoms with Crippen LogP contribution in [0.15, 0.2) is 42.9 Å². The predicted octanol–water partition coefficient (Wildman–Crippen LogP) is 1.52. The van der Waals surface area contributed by atoms with E-state index in [9.17, 15) is 9.59 Å². The zero-order valence-corrected chi connectivity index (χ0v) is 10.8. The first-order valence-corrected chi connectivity index (χ1v) is 5.81. The molecule has 20 heavy (non-hydrogen) atoms. The molecule has 1 aromatic carbocycles. The number of para-hydroxylation sites is 1. The van der Waals surface area contributed by atoms with E-state index in [4.69, 9.17) is 9.47 Å². The second-order valence-electron chi connectivity index (χ2n) is 3.79. The topological polar surface area (TPSA) is 78.4 Å². The van der Waals surface area contributed by atoms with Crippen LogP contribution in [0, 0.1) is 0 Å². The van der Waals surface area contributed by atoms with Crippen molar-refractivity contribution in [2.45, 2.75) is 0 Å². The average Bonchev–Trinajstić information content (AvgIpc) is 2.53. The number of nitrogens with zero attached hydrogens (tertiary/aromatic N) is 2. The van der Waals surface area contributed by atoms with Crippen LogP contribution in [0.1, 0.15) is 20.8 Å². The summed E-state index contributed by atoms with van der Waals surface area (Å²) in [4.78, 5) is 31.1. The molecule has 0 unspecified atom stereocenters. The summed E-state index contributed by atoms with van der Waals surface area (Å²) in [7, 11) is 1.47. The molecule has 0 aliphatic rings. The van der Waals surface area contributed by atoms with Crippen molar-refractivity contribution in [2.24, 2.45) is 0 Å². The highest BCUT2D eigenvalue weighted by Gasteiger charge is 2.15. The molecule has 6 nitrogen and oxygen atoms in total. The second kappa shape index (κ2) is 6.42. The maximum atomic E-state index is 12.0. The lowest BCUT2D eigenvalue weighted by atomic mass is 10.1. The third-order valence-corrected chi connectivity index (χ3v) is 2.51. The number of methoxy groups -OCH3 is 1. The molecule has 1 aromatic heterocycles. The van der Waals surface area contributed by atoms with E-state index in [-0.39, 0.29) is 18.1 Å². The van der Waals surface area contributed by atoms with Crippen molar-refractivity contribution >= 4 is 11.8 Å². The highest BCUT2D eigenvalue weighted by atomic mass is 16.5. The standard InChI is InChI=1S/C14H12N2O4/c1-19-13-5-3-2-4-10(13)12(17)9-20-14(18)11-8-15-6-7-16-11/h2-8H,9H2,1H3. The fourth-order valence-corrected chi connectivity index (χ4v) is 1.56. The van der Waals surface area contributed by atoms with Gasteiger partial charge >= 0.3 is 5.97 Å². The van der Waals surface area contributed by atoms with Crippen LogP contribution in [0.4, 0.5) is 0 Å². The van der Waals surface area contributed by atoms with Gasteiger partial charge in [-0.2, -0.15) is 0 Å². The number of ether oxygens (including phenoxy) is 2. The highest BCUT2D eigenvalue weighted by Crippen LogP contribution is 2.17. The van der Waals surface area contributed by atoms with Gasteiger partial charge < -0.3 is 9.47 Å². The Bertz CT molecular complexity index is 614. The van der Waals surface area contributed by atoms with E-state index in [0.717, 1.165) is 0 Å². The molecule has 102 valence electrons. The molecule has 0 amide bonds. The van der Waals surface area contributed by atoms with Gasteiger partial charge in [0.2, 0.25) is 5.78 Å². The molecule has 0 fully saturated rings. The minimum Gasteiger partial charge on any atom is -0.496 e. The van der Waals surface area contributed by atoms with Gasteiger partial charge in [0.1, 0.15) is 5.75 Å². The van der Waals surface area contributed by atoms with Gasteiger partial charge in [0.05, 0.1) is 18.9 Å². The number of hydrogen-bond donors (Lipinski definition) is 0. The summed E-state index contributed by atoms with van der Waals surface area (Å²) in [6, 6.07) is 6.73. The summed E-state index contributed by atoms with van der Waals surface area (Å²) in [6.45, 7) is -0.379. The van der Waals surface area contributed by atoms with Crippen molar-refractivity contribution in [3.8, 4) is 5.75 Å². The van der Waals surface area contributed by atoms with Crippen molar-refractivity contribution in [3.63, 3.8) is 0 Å². The van der Waals surface area contributed by atoms with E-state index in [1.54, 1.807) is 24.3 Å². The molecule has 0 atom stereocenters.